The van der Waals surface area contributed by atoms with Gasteiger partial charge in [0.05, 0.1) is 19.8 Å². The van der Waals surface area contributed by atoms with Crippen LogP contribution in [0.5, 0.6) is 11.5 Å². The second-order valence-electron chi connectivity index (χ2n) is 4.57. The number of Topliss-reactive ketones (excluding diaryl/α,β-unsaturated/α-hetero) is 1. The predicted molar refractivity (Wildman–Crippen MR) is 90.3 cm³/mol. The van der Waals surface area contributed by atoms with Gasteiger partial charge in [-0.2, -0.15) is 0 Å². The minimum atomic E-state index is -0.655. The van der Waals surface area contributed by atoms with Gasteiger partial charge in [-0.15, -0.1) is 0 Å². The molecule has 24 heavy (non-hydrogen) atoms. The Hall–Kier alpha value is -2.54. The SMILES string of the molecule is COc1ccc(OC)c(C(=O)COC(=O)/C=C/c2ccc(Br)o2)c1. The van der Waals surface area contributed by atoms with Crippen molar-refractivity contribution >= 4 is 33.8 Å². The minimum Gasteiger partial charge on any atom is -0.497 e. The van der Waals surface area contributed by atoms with Crippen molar-refractivity contribution < 1.29 is 28.2 Å². The summed E-state index contributed by atoms with van der Waals surface area (Å²) in [6.07, 6.45) is 2.63. The topological polar surface area (TPSA) is 75.0 Å². The minimum absolute atomic E-state index is 0.281. The standard InChI is InChI=1S/C17H15BrO6/c1-21-12-3-6-15(22-2)13(9-12)14(19)10-23-17(20)8-5-11-4-7-16(18)24-11/h3-9H,10H2,1-2H3/b8-5+. The average molecular weight is 395 g/mol. The van der Waals surface area contributed by atoms with Crippen LogP contribution >= 0.6 is 15.9 Å². The lowest BCUT2D eigenvalue weighted by molar-refractivity contribution is -0.136. The molecule has 0 radical (unpaired) electrons. The van der Waals surface area contributed by atoms with Gasteiger partial charge in [0.2, 0.25) is 5.78 Å². The Bertz CT molecular complexity index is 762. The van der Waals surface area contributed by atoms with Gasteiger partial charge in [0, 0.05) is 6.08 Å². The third-order valence-corrected chi connectivity index (χ3v) is 3.46. The first-order valence-electron chi connectivity index (χ1n) is 6.89. The van der Waals surface area contributed by atoms with E-state index in [-0.39, 0.29) is 5.56 Å². The third kappa shape index (κ3) is 4.73. The molecule has 0 spiro atoms. The summed E-state index contributed by atoms with van der Waals surface area (Å²) < 4.78 is 20.9. The van der Waals surface area contributed by atoms with Crippen molar-refractivity contribution in [1.29, 1.82) is 0 Å². The largest absolute Gasteiger partial charge is 0.497 e. The van der Waals surface area contributed by atoms with Crippen molar-refractivity contribution in [1.82, 2.24) is 0 Å². The highest BCUT2D eigenvalue weighted by atomic mass is 79.9. The summed E-state index contributed by atoms with van der Waals surface area (Å²) in [4.78, 5) is 23.9. The zero-order chi connectivity index (χ0) is 17.5. The van der Waals surface area contributed by atoms with Crippen molar-refractivity contribution in [2.24, 2.45) is 0 Å². The van der Waals surface area contributed by atoms with E-state index in [0.717, 1.165) is 0 Å². The van der Waals surface area contributed by atoms with Gasteiger partial charge in [-0.1, -0.05) is 0 Å². The quantitative estimate of drug-likeness (QED) is 0.406. The monoisotopic (exact) mass is 394 g/mol. The molecule has 1 heterocycles. The molecule has 2 aromatic rings. The number of methoxy groups -OCH3 is 2. The van der Waals surface area contributed by atoms with Gasteiger partial charge in [-0.25, -0.2) is 4.79 Å². The molecular weight excluding hydrogens is 380 g/mol. The molecule has 0 amide bonds. The van der Waals surface area contributed by atoms with Crippen molar-refractivity contribution in [2.45, 2.75) is 0 Å². The van der Waals surface area contributed by atoms with E-state index in [1.165, 1.54) is 32.4 Å². The lowest BCUT2D eigenvalue weighted by Crippen LogP contribution is -2.13. The molecule has 0 unspecified atom stereocenters. The van der Waals surface area contributed by atoms with Gasteiger partial charge in [-0.05, 0) is 52.3 Å². The highest BCUT2D eigenvalue weighted by Crippen LogP contribution is 2.24. The lowest BCUT2D eigenvalue weighted by atomic mass is 10.1. The molecule has 0 N–H and O–H groups in total. The van der Waals surface area contributed by atoms with E-state index in [1.54, 1.807) is 24.3 Å². The first kappa shape index (κ1) is 17.8. The van der Waals surface area contributed by atoms with Crippen LogP contribution in [0.15, 0.2) is 45.5 Å². The Labute approximate surface area is 147 Å². The molecule has 6 nitrogen and oxygen atoms in total. The van der Waals surface area contributed by atoms with Crippen LogP contribution in [0.1, 0.15) is 16.1 Å². The number of carbonyl (C=O) groups excluding carboxylic acids is 2. The number of benzene rings is 1. The zero-order valence-electron chi connectivity index (χ0n) is 13.1. The van der Waals surface area contributed by atoms with Crippen LogP contribution in [0.2, 0.25) is 0 Å². The Morgan fingerprint density at radius 3 is 2.58 bits per heavy atom. The Morgan fingerprint density at radius 1 is 1.17 bits per heavy atom. The van der Waals surface area contributed by atoms with E-state index in [4.69, 9.17) is 18.6 Å². The first-order chi connectivity index (χ1) is 11.5. The van der Waals surface area contributed by atoms with E-state index < -0.39 is 18.4 Å². The van der Waals surface area contributed by atoms with Gasteiger partial charge in [0.15, 0.2) is 11.3 Å². The molecule has 7 heteroatoms. The fraction of sp³-hybridized carbons (Fsp3) is 0.176. The maximum absolute atomic E-state index is 12.2. The van der Waals surface area contributed by atoms with Crippen LogP contribution in [-0.4, -0.2) is 32.6 Å². The molecule has 0 aliphatic rings. The molecule has 1 aromatic carbocycles. The van der Waals surface area contributed by atoms with Crippen molar-refractivity contribution in [3.63, 3.8) is 0 Å². The predicted octanol–water partition coefficient (Wildman–Crippen LogP) is 3.50. The summed E-state index contributed by atoms with van der Waals surface area (Å²) in [7, 11) is 2.95. The highest BCUT2D eigenvalue weighted by molar-refractivity contribution is 9.10. The molecule has 0 aliphatic carbocycles. The molecule has 1 aromatic heterocycles. The van der Waals surface area contributed by atoms with E-state index >= 15 is 0 Å². The number of ether oxygens (including phenoxy) is 3. The molecule has 0 atom stereocenters. The normalized spacial score (nSPS) is 10.6. The number of hydrogen-bond donors (Lipinski definition) is 0. The maximum atomic E-state index is 12.2. The summed E-state index contributed by atoms with van der Waals surface area (Å²) in [5, 5.41) is 0. The van der Waals surface area contributed by atoms with Crippen LogP contribution in [0.25, 0.3) is 6.08 Å². The van der Waals surface area contributed by atoms with Gasteiger partial charge < -0.3 is 18.6 Å². The Morgan fingerprint density at radius 2 is 1.96 bits per heavy atom. The van der Waals surface area contributed by atoms with E-state index in [2.05, 4.69) is 15.9 Å². The molecule has 0 bridgehead atoms. The average Bonchev–Trinajstić information content (AvgIpc) is 3.02. The molecule has 0 fully saturated rings. The number of ketones is 1. The van der Waals surface area contributed by atoms with Gasteiger partial charge in [0.1, 0.15) is 17.3 Å². The highest BCUT2D eigenvalue weighted by Gasteiger charge is 2.15. The van der Waals surface area contributed by atoms with Gasteiger partial charge in [0.25, 0.3) is 0 Å². The molecule has 0 saturated carbocycles. The number of carbonyl (C=O) groups is 2. The summed E-state index contributed by atoms with van der Waals surface area (Å²) in [5.74, 6) is 0.326. The van der Waals surface area contributed by atoms with Crippen LogP contribution < -0.4 is 9.47 Å². The van der Waals surface area contributed by atoms with Crippen LogP contribution in [0.3, 0.4) is 0 Å². The summed E-state index contributed by atoms with van der Waals surface area (Å²) >= 11 is 3.16. The Kier molecular flexibility index (Phi) is 6.20. The first-order valence-corrected chi connectivity index (χ1v) is 7.68. The van der Waals surface area contributed by atoms with Gasteiger partial charge >= 0.3 is 5.97 Å². The van der Waals surface area contributed by atoms with E-state index in [9.17, 15) is 9.59 Å². The smallest absolute Gasteiger partial charge is 0.331 e. The van der Waals surface area contributed by atoms with Crippen molar-refractivity contribution in [3.05, 3.63) is 52.4 Å². The molecule has 126 valence electrons. The van der Waals surface area contributed by atoms with Gasteiger partial charge in [-0.3, -0.25) is 4.79 Å². The number of furan rings is 1. The maximum Gasteiger partial charge on any atom is 0.331 e. The molecule has 0 aliphatic heterocycles. The lowest BCUT2D eigenvalue weighted by Gasteiger charge is -2.09. The summed E-state index contributed by atoms with van der Waals surface area (Å²) in [6, 6.07) is 8.20. The van der Waals surface area contributed by atoms with E-state index in [0.29, 0.717) is 21.9 Å². The second-order valence-corrected chi connectivity index (χ2v) is 5.35. The third-order valence-electron chi connectivity index (χ3n) is 3.03. The van der Waals surface area contributed by atoms with Crippen LogP contribution in [0, 0.1) is 0 Å². The molecule has 2 rings (SSSR count). The Balaban J connectivity index is 1.97. The van der Waals surface area contributed by atoms with Crippen LogP contribution in [-0.2, 0) is 9.53 Å². The van der Waals surface area contributed by atoms with Crippen LogP contribution in [0.4, 0.5) is 0 Å². The zero-order valence-corrected chi connectivity index (χ0v) is 14.7. The number of esters is 1. The second kappa shape index (κ2) is 8.35. The van der Waals surface area contributed by atoms with Crippen molar-refractivity contribution in [2.75, 3.05) is 20.8 Å². The number of hydrogen-bond acceptors (Lipinski definition) is 6. The molecule has 0 saturated heterocycles. The fourth-order valence-corrected chi connectivity index (χ4v) is 2.18. The van der Waals surface area contributed by atoms with E-state index in [1.807, 2.05) is 0 Å². The number of rotatable bonds is 7. The fourth-order valence-electron chi connectivity index (χ4n) is 1.86. The molecular formula is C17H15BrO6. The summed E-state index contributed by atoms with van der Waals surface area (Å²) in [5.41, 5.74) is 0.281. The number of halogens is 1. The summed E-state index contributed by atoms with van der Waals surface area (Å²) in [6.45, 7) is -0.408. The van der Waals surface area contributed by atoms with Crippen molar-refractivity contribution in [3.8, 4) is 11.5 Å².